The van der Waals surface area contributed by atoms with Crippen molar-refractivity contribution < 1.29 is 5.11 Å². The molecule has 58 valence electrons. The first kappa shape index (κ1) is 9.80. The van der Waals surface area contributed by atoms with Gasteiger partial charge in [-0.1, -0.05) is 13.8 Å². The van der Waals surface area contributed by atoms with Gasteiger partial charge in [-0.05, 0) is 5.25 Å². The Hall–Kier alpha value is -0.200. The van der Waals surface area contributed by atoms with Gasteiger partial charge in [-0.15, -0.1) is 0 Å². The van der Waals surface area contributed by atoms with Gasteiger partial charge in [0.05, 0.1) is 18.6 Å². The van der Waals surface area contributed by atoms with Crippen molar-refractivity contribution in [3.63, 3.8) is 0 Å². The highest BCUT2D eigenvalue weighted by Gasteiger charge is 2.03. The van der Waals surface area contributed by atoms with Crippen LogP contribution in [0, 0.1) is 11.3 Å². The Bertz CT molecular complexity index is 119. The fourth-order valence-corrected chi connectivity index (χ4v) is 1.19. The van der Waals surface area contributed by atoms with E-state index in [4.69, 9.17) is 10.4 Å². The lowest BCUT2D eigenvalue weighted by molar-refractivity contribution is 0.205. The van der Waals surface area contributed by atoms with Crippen LogP contribution in [0.25, 0.3) is 0 Å². The van der Waals surface area contributed by atoms with Gasteiger partial charge in [0.2, 0.25) is 0 Å². The minimum atomic E-state index is -0.447. The van der Waals surface area contributed by atoms with E-state index in [1.54, 1.807) is 11.8 Å². The summed E-state index contributed by atoms with van der Waals surface area (Å²) in [4.78, 5) is 0. The van der Waals surface area contributed by atoms with Gasteiger partial charge in [0.25, 0.3) is 0 Å². The Balaban J connectivity index is 3.23. The third kappa shape index (κ3) is 5.93. The molecule has 0 radical (unpaired) electrons. The first-order valence-electron chi connectivity index (χ1n) is 3.33. The summed E-state index contributed by atoms with van der Waals surface area (Å²) < 4.78 is 0. The number of aliphatic hydroxyl groups excluding tert-OH is 1. The molecule has 0 rings (SSSR count). The van der Waals surface area contributed by atoms with Crippen molar-refractivity contribution in [3.8, 4) is 6.07 Å². The Morgan fingerprint density at radius 2 is 2.20 bits per heavy atom. The largest absolute Gasteiger partial charge is 0.391 e. The molecule has 0 saturated heterocycles. The molecule has 0 aromatic rings. The lowest BCUT2D eigenvalue weighted by Crippen LogP contribution is -2.10. The number of hydrogen-bond donors (Lipinski definition) is 1. The summed E-state index contributed by atoms with van der Waals surface area (Å²) in [5, 5.41) is 17.8. The maximum Gasteiger partial charge on any atom is 0.0760 e. The van der Waals surface area contributed by atoms with Crippen molar-refractivity contribution >= 4 is 11.8 Å². The molecule has 0 fully saturated rings. The zero-order chi connectivity index (χ0) is 7.98. The van der Waals surface area contributed by atoms with E-state index in [0.29, 0.717) is 11.0 Å². The third-order valence-electron chi connectivity index (χ3n) is 0.949. The van der Waals surface area contributed by atoms with Crippen LogP contribution in [0.2, 0.25) is 0 Å². The van der Waals surface area contributed by atoms with E-state index in [1.165, 1.54) is 0 Å². The van der Waals surface area contributed by atoms with Crippen LogP contribution in [-0.2, 0) is 0 Å². The summed E-state index contributed by atoms with van der Waals surface area (Å²) in [6, 6.07) is 1.93. The van der Waals surface area contributed by atoms with Crippen LogP contribution >= 0.6 is 11.8 Å². The van der Waals surface area contributed by atoms with Gasteiger partial charge in [0.1, 0.15) is 0 Å². The minimum absolute atomic E-state index is 0.250. The van der Waals surface area contributed by atoms with E-state index in [9.17, 15) is 0 Å². The number of thioether (sulfide) groups is 1. The highest BCUT2D eigenvalue weighted by molar-refractivity contribution is 7.99. The smallest absolute Gasteiger partial charge is 0.0760 e. The molecule has 1 unspecified atom stereocenters. The van der Waals surface area contributed by atoms with Gasteiger partial charge in [0.15, 0.2) is 0 Å². The number of nitriles is 1. The number of nitrogens with zero attached hydrogens (tertiary/aromatic N) is 1. The topological polar surface area (TPSA) is 44.0 Å². The normalized spacial score (nSPS) is 13.1. The first-order valence-corrected chi connectivity index (χ1v) is 4.38. The second-order valence-corrected chi connectivity index (χ2v) is 4.01. The Morgan fingerprint density at radius 1 is 1.60 bits per heavy atom. The molecular weight excluding hydrogens is 146 g/mol. The van der Waals surface area contributed by atoms with E-state index >= 15 is 0 Å². The molecule has 0 aromatic carbocycles. The number of hydrogen-bond acceptors (Lipinski definition) is 3. The van der Waals surface area contributed by atoms with Crippen LogP contribution in [0.5, 0.6) is 0 Å². The van der Waals surface area contributed by atoms with E-state index in [0.717, 1.165) is 0 Å². The summed E-state index contributed by atoms with van der Waals surface area (Å²) in [6.45, 7) is 4.15. The molecule has 0 aromatic heterocycles. The van der Waals surface area contributed by atoms with Crippen LogP contribution in [0.1, 0.15) is 20.3 Å². The van der Waals surface area contributed by atoms with Crippen LogP contribution in [-0.4, -0.2) is 22.2 Å². The van der Waals surface area contributed by atoms with Crippen molar-refractivity contribution in [3.05, 3.63) is 0 Å². The molecule has 10 heavy (non-hydrogen) atoms. The van der Waals surface area contributed by atoms with Gasteiger partial charge in [-0.2, -0.15) is 17.0 Å². The monoisotopic (exact) mass is 159 g/mol. The van der Waals surface area contributed by atoms with Crippen LogP contribution < -0.4 is 0 Å². The third-order valence-corrected chi connectivity index (χ3v) is 2.19. The van der Waals surface area contributed by atoms with E-state index in [1.807, 2.05) is 6.07 Å². The zero-order valence-electron chi connectivity index (χ0n) is 6.37. The first-order chi connectivity index (χ1) is 4.66. The molecule has 2 nitrogen and oxygen atoms in total. The van der Waals surface area contributed by atoms with Crippen LogP contribution in [0.4, 0.5) is 0 Å². The van der Waals surface area contributed by atoms with Crippen molar-refractivity contribution in [2.45, 2.75) is 31.6 Å². The van der Waals surface area contributed by atoms with Crippen molar-refractivity contribution in [1.82, 2.24) is 0 Å². The summed E-state index contributed by atoms with van der Waals surface area (Å²) in [6.07, 6.45) is -0.197. The molecule has 0 bridgehead atoms. The molecule has 3 heteroatoms. The van der Waals surface area contributed by atoms with Crippen LogP contribution in [0.15, 0.2) is 0 Å². The van der Waals surface area contributed by atoms with E-state index < -0.39 is 6.10 Å². The quantitative estimate of drug-likeness (QED) is 0.674. The average molecular weight is 159 g/mol. The van der Waals surface area contributed by atoms with Gasteiger partial charge in [-0.3, -0.25) is 0 Å². The molecule has 0 aliphatic rings. The van der Waals surface area contributed by atoms with Gasteiger partial charge < -0.3 is 5.11 Å². The summed E-state index contributed by atoms with van der Waals surface area (Å²) in [7, 11) is 0. The number of rotatable bonds is 4. The summed E-state index contributed by atoms with van der Waals surface area (Å²) >= 11 is 1.68. The highest BCUT2D eigenvalue weighted by Crippen LogP contribution is 2.11. The molecular formula is C7H13NOS. The van der Waals surface area contributed by atoms with Gasteiger partial charge in [-0.25, -0.2) is 0 Å². The van der Waals surface area contributed by atoms with Gasteiger partial charge in [0, 0.05) is 5.75 Å². The fraction of sp³-hybridized carbons (Fsp3) is 0.857. The molecule has 0 heterocycles. The average Bonchev–Trinajstić information content (AvgIpc) is 1.85. The molecule has 1 atom stereocenters. The predicted octanol–water partition coefficient (Wildman–Crippen LogP) is 1.40. The second kappa shape index (κ2) is 5.57. The molecule has 0 aliphatic carbocycles. The van der Waals surface area contributed by atoms with Crippen LogP contribution in [0.3, 0.4) is 0 Å². The summed E-state index contributed by atoms with van der Waals surface area (Å²) in [5.41, 5.74) is 0. The fourth-order valence-electron chi connectivity index (χ4n) is 0.468. The maximum absolute atomic E-state index is 9.05. The SMILES string of the molecule is CC(C)SCC(O)CC#N. The zero-order valence-corrected chi connectivity index (χ0v) is 7.19. The molecule has 0 spiro atoms. The van der Waals surface area contributed by atoms with E-state index in [-0.39, 0.29) is 6.42 Å². The Kier molecular flexibility index (Phi) is 5.46. The molecule has 1 N–H and O–H groups in total. The Labute approximate surface area is 66.2 Å². The lowest BCUT2D eigenvalue weighted by atomic mass is 10.3. The van der Waals surface area contributed by atoms with Gasteiger partial charge >= 0.3 is 0 Å². The summed E-state index contributed by atoms with van der Waals surface area (Å²) in [5.74, 6) is 0.672. The van der Waals surface area contributed by atoms with E-state index in [2.05, 4.69) is 13.8 Å². The predicted molar refractivity (Wildman–Crippen MR) is 43.8 cm³/mol. The second-order valence-electron chi connectivity index (χ2n) is 2.40. The Morgan fingerprint density at radius 3 is 2.60 bits per heavy atom. The van der Waals surface area contributed by atoms with Crippen molar-refractivity contribution in [2.75, 3.05) is 5.75 Å². The van der Waals surface area contributed by atoms with Crippen molar-refractivity contribution in [1.29, 1.82) is 5.26 Å². The molecule has 0 saturated carbocycles. The molecule has 0 amide bonds. The van der Waals surface area contributed by atoms with Crippen molar-refractivity contribution in [2.24, 2.45) is 0 Å². The molecule has 0 aliphatic heterocycles. The lowest BCUT2D eigenvalue weighted by Gasteiger charge is -2.07. The minimum Gasteiger partial charge on any atom is -0.391 e. The number of aliphatic hydroxyl groups is 1. The maximum atomic E-state index is 9.05. The standard InChI is InChI=1S/C7H13NOS/c1-6(2)10-5-7(9)3-4-8/h6-7,9H,3,5H2,1-2H3. The highest BCUT2D eigenvalue weighted by atomic mass is 32.2.